The highest BCUT2D eigenvalue weighted by atomic mass is 16.3. The minimum Gasteiger partial charge on any atom is -0.388 e. The van der Waals surface area contributed by atoms with Crippen molar-refractivity contribution in [2.24, 2.45) is 0 Å². The van der Waals surface area contributed by atoms with Crippen LogP contribution < -0.4 is 0 Å². The highest BCUT2D eigenvalue weighted by Gasteiger charge is 2.17. The first-order valence-electron chi connectivity index (χ1n) is 7.32. The summed E-state index contributed by atoms with van der Waals surface area (Å²) in [6.07, 6.45) is 8.58. The van der Waals surface area contributed by atoms with E-state index in [-0.39, 0.29) is 5.91 Å². The van der Waals surface area contributed by atoms with E-state index in [9.17, 15) is 9.90 Å². The summed E-state index contributed by atoms with van der Waals surface area (Å²) >= 11 is 0. The fraction of sp³-hybridized carbons (Fsp3) is 0.667. The Morgan fingerprint density at radius 2 is 2.11 bits per heavy atom. The average molecular weight is 264 g/mol. The standard InChI is InChI=1S/C15H24N2O2/c1-2-6-14(18)13-7-10-16(11-13)12-15(19)17-8-4-3-5-9-17/h7,10-11,14,18H,2-6,8-9,12H2,1H3. The van der Waals surface area contributed by atoms with E-state index in [1.807, 2.05) is 27.9 Å². The van der Waals surface area contributed by atoms with Gasteiger partial charge in [-0.05, 0) is 37.3 Å². The number of nitrogens with zero attached hydrogens (tertiary/aromatic N) is 2. The first kappa shape index (κ1) is 14.1. The van der Waals surface area contributed by atoms with E-state index in [2.05, 4.69) is 6.92 Å². The molecule has 106 valence electrons. The number of amides is 1. The third kappa shape index (κ3) is 3.83. The molecular formula is C15H24N2O2. The average Bonchev–Trinajstić information content (AvgIpc) is 2.88. The monoisotopic (exact) mass is 264 g/mol. The Morgan fingerprint density at radius 3 is 2.79 bits per heavy atom. The summed E-state index contributed by atoms with van der Waals surface area (Å²) in [7, 11) is 0. The maximum absolute atomic E-state index is 12.1. The third-order valence-electron chi connectivity index (χ3n) is 3.75. The maximum Gasteiger partial charge on any atom is 0.242 e. The van der Waals surface area contributed by atoms with Crippen LogP contribution in [0.15, 0.2) is 18.5 Å². The van der Waals surface area contributed by atoms with Crippen LogP contribution in [0.3, 0.4) is 0 Å². The molecule has 1 aliphatic heterocycles. The number of aromatic nitrogens is 1. The second-order valence-corrected chi connectivity index (χ2v) is 5.36. The fourth-order valence-electron chi connectivity index (χ4n) is 2.59. The van der Waals surface area contributed by atoms with Crippen molar-refractivity contribution in [3.8, 4) is 0 Å². The number of aliphatic hydroxyl groups excluding tert-OH is 1. The molecule has 1 aliphatic rings. The van der Waals surface area contributed by atoms with E-state index in [1.54, 1.807) is 0 Å². The predicted molar refractivity (Wildman–Crippen MR) is 74.7 cm³/mol. The zero-order valence-corrected chi connectivity index (χ0v) is 11.7. The van der Waals surface area contributed by atoms with Crippen LogP contribution in [0.2, 0.25) is 0 Å². The van der Waals surface area contributed by atoms with Crippen molar-refractivity contribution >= 4 is 5.91 Å². The Hall–Kier alpha value is -1.29. The van der Waals surface area contributed by atoms with Gasteiger partial charge in [0, 0.05) is 25.5 Å². The Bertz CT molecular complexity index is 408. The molecule has 1 saturated heterocycles. The molecule has 0 saturated carbocycles. The van der Waals surface area contributed by atoms with Gasteiger partial charge in [-0.15, -0.1) is 0 Å². The SMILES string of the molecule is CCCC(O)c1ccn(CC(=O)N2CCCCC2)c1. The van der Waals surface area contributed by atoms with Gasteiger partial charge in [0.25, 0.3) is 0 Å². The van der Waals surface area contributed by atoms with Crippen molar-refractivity contribution in [2.45, 2.75) is 51.7 Å². The van der Waals surface area contributed by atoms with Gasteiger partial charge < -0.3 is 14.6 Å². The zero-order chi connectivity index (χ0) is 13.7. The normalized spacial score (nSPS) is 17.5. The minimum atomic E-state index is -0.406. The molecule has 1 fully saturated rings. The molecular weight excluding hydrogens is 240 g/mol. The highest BCUT2D eigenvalue weighted by Crippen LogP contribution is 2.18. The molecule has 0 spiro atoms. The fourth-order valence-corrected chi connectivity index (χ4v) is 2.59. The van der Waals surface area contributed by atoms with Gasteiger partial charge in [-0.3, -0.25) is 4.79 Å². The van der Waals surface area contributed by atoms with Gasteiger partial charge in [0.05, 0.1) is 6.10 Å². The number of hydrogen-bond acceptors (Lipinski definition) is 2. The van der Waals surface area contributed by atoms with E-state index in [1.165, 1.54) is 6.42 Å². The Balaban J connectivity index is 1.90. The van der Waals surface area contributed by atoms with E-state index in [0.29, 0.717) is 6.54 Å². The molecule has 1 aromatic rings. The third-order valence-corrected chi connectivity index (χ3v) is 3.75. The van der Waals surface area contributed by atoms with Gasteiger partial charge in [0.15, 0.2) is 0 Å². The summed E-state index contributed by atoms with van der Waals surface area (Å²) in [5.74, 6) is 0.187. The number of hydrogen-bond donors (Lipinski definition) is 1. The summed E-state index contributed by atoms with van der Waals surface area (Å²) in [6, 6.07) is 1.91. The molecule has 1 N–H and O–H groups in total. The van der Waals surface area contributed by atoms with E-state index in [0.717, 1.165) is 44.3 Å². The summed E-state index contributed by atoms with van der Waals surface area (Å²) in [6.45, 7) is 4.23. The quantitative estimate of drug-likeness (QED) is 0.887. The molecule has 19 heavy (non-hydrogen) atoms. The molecule has 4 heteroatoms. The van der Waals surface area contributed by atoms with E-state index in [4.69, 9.17) is 0 Å². The number of carbonyl (C=O) groups excluding carboxylic acids is 1. The van der Waals surface area contributed by atoms with Gasteiger partial charge in [-0.25, -0.2) is 0 Å². The van der Waals surface area contributed by atoms with Crippen LogP contribution in [0.4, 0.5) is 0 Å². The number of piperidine rings is 1. The van der Waals surface area contributed by atoms with Crippen LogP contribution >= 0.6 is 0 Å². The topological polar surface area (TPSA) is 45.5 Å². The molecule has 1 aromatic heterocycles. The first-order valence-corrected chi connectivity index (χ1v) is 7.32. The largest absolute Gasteiger partial charge is 0.388 e. The van der Waals surface area contributed by atoms with Crippen LogP contribution in [0.25, 0.3) is 0 Å². The summed E-state index contributed by atoms with van der Waals surface area (Å²) in [4.78, 5) is 14.1. The number of likely N-dealkylation sites (tertiary alicyclic amines) is 1. The van der Waals surface area contributed by atoms with Gasteiger partial charge in [-0.2, -0.15) is 0 Å². The predicted octanol–water partition coefficient (Wildman–Crippen LogP) is 2.33. The second-order valence-electron chi connectivity index (χ2n) is 5.36. The van der Waals surface area contributed by atoms with Crippen LogP contribution in [0.1, 0.15) is 50.7 Å². The Morgan fingerprint density at radius 1 is 1.37 bits per heavy atom. The van der Waals surface area contributed by atoms with Crippen molar-refractivity contribution in [2.75, 3.05) is 13.1 Å². The molecule has 4 nitrogen and oxygen atoms in total. The highest BCUT2D eigenvalue weighted by molar-refractivity contribution is 5.76. The van der Waals surface area contributed by atoms with E-state index >= 15 is 0 Å². The molecule has 2 heterocycles. The molecule has 0 bridgehead atoms. The molecule has 0 aromatic carbocycles. The van der Waals surface area contributed by atoms with Gasteiger partial charge in [0.1, 0.15) is 6.54 Å². The molecule has 2 rings (SSSR count). The lowest BCUT2D eigenvalue weighted by molar-refractivity contribution is -0.132. The maximum atomic E-state index is 12.1. The molecule has 1 atom stereocenters. The lowest BCUT2D eigenvalue weighted by atomic mass is 10.1. The Labute approximate surface area is 115 Å². The van der Waals surface area contributed by atoms with Crippen LogP contribution in [-0.4, -0.2) is 33.6 Å². The van der Waals surface area contributed by atoms with Crippen LogP contribution in [0.5, 0.6) is 0 Å². The van der Waals surface area contributed by atoms with Gasteiger partial charge in [-0.1, -0.05) is 13.3 Å². The molecule has 0 aliphatic carbocycles. The Kier molecular flexibility index (Phi) is 5.02. The number of carbonyl (C=O) groups is 1. The van der Waals surface area contributed by atoms with Gasteiger partial charge in [0.2, 0.25) is 5.91 Å². The number of aliphatic hydroxyl groups is 1. The number of rotatable bonds is 5. The van der Waals surface area contributed by atoms with Gasteiger partial charge >= 0.3 is 0 Å². The lowest BCUT2D eigenvalue weighted by Gasteiger charge is -2.26. The lowest BCUT2D eigenvalue weighted by Crippen LogP contribution is -2.37. The van der Waals surface area contributed by atoms with Crippen LogP contribution in [-0.2, 0) is 11.3 Å². The van der Waals surface area contributed by atoms with Crippen molar-refractivity contribution < 1.29 is 9.90 Å². The van der Waals surface area contributed by atoms with Crippen LogP contribution in [0, 0.1) is 0 Å². The van der Waals surface area contributed by atoms with Crippen molar-refractivity contribution in [1.82, 2.24) is 9.47 Å². The summed E-state index contributed by atoms with van der Waals surface area (Å²) < 4.78 is 1.88. The van der Waals surface area contributed by atoms with Crippen molar-refractivity contribution in [3.63, 3.8) is 0 Å². The zero-order valence-electron chi connectivity index (χ0n) is 11.7. The molecule has 1 unspecified atom stereocenters. The summed E-state index contributed by atoms with van der Waals surface area (Å²) in [5.41, 5.74) is 0.910. The second kappa shape index (κ2) is 6.75. The molecule has 0 radical (unpaired) electrons. The summed E-state index contributed by atoms with van der Waals surface area (Å²) in [5, 5.41) is 9.91. The first-order chi connectivity index (χ1) is 9.20. The van der Waals surface area contributed by atoms with Crippen molar-refractivity contribution in [1.29, 1.82) is 0 Å². The smallest absolute Gasteiger partial charge is 0.242 e. The van der Waals surface area contributed by atoms with Crippen molar-refractivity contribution in [3.05, 3.63) is 24.0 Å². The molecule has 1 amide bonds. The van der Waals surface area contributed by atoms with E-state index < -0.39 is 6.10 Å². The minimum absolute atomic E-state index is 0.187.